The third-order valence-corrected chi connectivity index (χ3v) is 5.87. The van der Waals surface area contributed by atoms with Gasteiger partial charge in [0, 0.05) is 0 Å². The molecule has 0 saturated heterocycles. The Kier molecular flexibility index (Phi) is 6.65. The molecule has 0 aliphatic rings. The van der Waals surface area contributed by atoms with Gasteiger partial charge in [-0.05, 0) is 50.5 Å². The molecule has 0 unspecified atom stereocenters. The van der Waals surface area contributed by atoms with Crippen molar-refractivity contribution in [3.8, 4) is 0 Å². The van der Waals surface area contributed by atoms with Crippen molar-refractivity contribution in [2.75, 3.05) is 10.6 Å². The maximum atomic E-state index is 12.8. The van der Waals surface area contributed by atoms with E-state index < -0.39 is 16.1 Å². The second kappa shape index (κ2) is 8.57. The topological polar surface area (TPSA) is 66.5 Å². The van der Waals surface area contributed by atoms with E-state index in [-0.39, 0.29) is 11.9 Å². The maximum absolute atomic E-state index is 12.8. The molecule has 0 saturated carbocycles. The molecule has 6 heteroatoms. The number of benzene rings is 2. The minimum atomic E-state index is -3.61. The Morgan fingerprint density at radius 2 is 1.59 bits per heavy atom. The van der Waals surface area contributed by atoms with Gasteiger partial charge in [-0.2, -0.15) is 0 Å². The van der Waals surface area contributed by atoms with E-state index >= 15 is 0 Å². The van der Waals surface area contributed by atoms with Crippen LogP contribution in [-0.2, 0) is 21.2 Å². The van der Waals surface area contributed by atoms with Gasteiger partial charge in [0.25, 0.3) is 0 Å². The third-order valence-electron chi connectivity index (χ3n) is 4.62. The third kappa shape index (κ3) is 5.32. The zero-order chi connectivity index (χ0) is 20.2. The van der Waals surface area contributed by atoms with Crippen LogP contribution in [0.2, 0.25) is 0 Å². The van der Waals surface area contributed by atoms with Gasteiger partial charge >= 0.3 is 0 Å². The number of carbonyl (C=O) groups is 1. The highest BCUT2D eigenvalue weighted by atomic mass is 32.2. The fourth-order valence-corrected chi connectivity index (χ4v) is 4.13. The highest BCUT2D eigenvalue weighted by Crippen LogP contribution is 2.22. The van der Waals surface area contributed by atoms with Gasteiger partial charge in [0.15, 0.2) is 0 Å². The van der Waals surface area contributed by atoms with Crippen molar-refractivity contribution in [1.82, 2.24) is 5.32 Å². The predicted molar refractivity (Wildman–Crippen MR) is 110 cm³/mol. The minimum absolute atomic E-state index is 0.217. The van der Waals surface area contributed by atoms with Gasteiger partial charge in [-0.1, -0.05) is 48.9 Å². The molecule has 2 aromatic carbocycles. The number of anilines is 1. The summed E-state index contributed by atoms with van der Waals surface area (Å²) in [6, 6.07) is 14.1. The van der Waals surface area contributed by atoms with Crippen LogP contribution in [0.25, 0.3) is 0 Å². The largest absolute Gasteiger partial charge is 0.348 e. The Balaban J connectivity index is 2.20. The van der Waals surface area contributed by atoms with Crippen LogP contribution in [-0.4, -0.2) is 26.6 Å². The lowest BCUT2D eigenvalue weighted by atomic mass is 10.0. The Morgan fingerprint density at radius 1 is 1.04 bits per heavy atom. The van der Waals surface area contributed by atoms with Gasteiger partial charge < -0.3 is 5.32 Å². The van der Waals surface area contributed by atoms with Gasteiger partial charge in [0.1, 0.15) is 6.04 Å². The molecule has 2 atom stereocenters. The van der Waals surface area contributed by atoms with Gasteiger partial charge in [-0.25, -0.2) is 8.42 Å². The number of hydrogen-bond acceptors (Lipinski definition) is 3. The van der Waals surface area contributed by atoms with Crippen LogP contribution >= 0.6 is 0 Å². The fourth-order valence-electron chi connectivity index (χ4n) is 2.96. The summed E-state index contributed by atoms with van der Waals surface area (Å²) in [5.41, 5.74) is 3.71. The van der Waals surface area contributed by atoms with Crippen molar-refractivity contribution in [1.29, 1.82) is 0 Å². The van der Waals surface area contributed by atoms with Crippen LogP contribution in [0.15, 0.2) is 48.5 Å². The van der Waals surface area contributed by atoms with E-state index in [1.807, 2.05) is 50.2 Å². The molecule has 27 heavy (non-hydrogen) atoms. The molecule has 2 rings (SSSR count). The number of nitrogens with one attached hydrogen (secondary N) is 1. The quantitative estimate of drug-likeness (QED) is 0.788. The summed E-state index contributed by atoms with van der Waals surface area (Å²) in [6.07, 6.45) is 2.07. The molecule has 0 heterocycles. The molecule has 146 valence electrons. The molecule has 0 aliphatic carbocycles. The average molecular weight is 389 g/mol. The first-order chi connectivity index (χ1) is 12.6. The summed E-state index contributed by atoms with van der Waals surface area (Å²) >= 11 is 0. The van der Waals surface area contributed by atoms with Gasteiger partial charge in [0.05, 0.1) is 18.0 Å². The molecule has 0 aliphatic heterocycles. The van der Waals surface area contributed by atoms with E-state index in [2.05, 4.69) is 12.2 Å². The highest BCUT2D eigenvalue weighted by molar-refractivity contribution is 7.92. The Hall–Kier alpha value is -2.34. The average Bonchev–Trinajstić information content (AvgIpc) is 2.62. The number of amides is 1. The molecule has 0 radical (unpaired) electrons. The van der Waals surface area contributed by atoms with E-state index in [9.17, 15) is 13.2 Å². The van der Waals surface area contributed by atoms with Crippen molar-refractivity contribution in [2.24, 2.45) is 0 Å². The second-order valence-electron chi connectivity index (χ2n) is 6.90. The second-order valence-corrected chi connectivity index (χ2v) is 8.76. The summed E-state index contributed by atoms with van der Waals surface area (Å²) in [6.45, 7) is 7.51. The van der Waals surface area contributed by atoms with Gasteiger partial charge in [-0.3, -0.25) is 9.10 Å². The zero-order valence-corrected chi connectivity index (χ0v) is 17.4. The van der Waals surface area contributed by atoms with Crippen molar-refractivity contribution in [3.05, 3.63) is 65.2 Å². The number of rotatable bonds is 7. The van der Waals surface area contributed by atoms with Crippen molar-refractivity contribution in [3.63, 3.8) is 0 Å². The van der Waals surface area contributed by atoms with E-state index in [1.54, 1.807) is 19.1 Å². The molecule has 0 bridgehead atoms. The van der Waals surface area contributed by atoms with Crippen molar-refractivity contribution >= 4 is 21.6 Å². The van der Waals surface area contributed by atoms with E-state index in [1.165, 1.54) is 5.56 Å². The molecular weight excluding hydrogens is 360 g/mol. The summed E-state index contributed by atoms with van der Waals surface area (Å²) < 4.78 is 25.8. The first-order valence-corrected chi connectivity index (χ1v) is 10.9. The van der Waals surface area contributed by atoms with Crippen molar-refractivity contribution in [2.45, 2.75) is 46.2 Å². The fraction of sp³-hybridized carbons (Fsp3) is 0.381. The van der Waals surface area contributed by atoms with Crippen LogP contribution in [0.3, 0.4) is 0 Å². The lowest BCUT2D eigenvalue weighted by Gasteiger charge is -2.29. The van der Waals surface area contributed by atoms with Crippen LogP contribution in [0.1, 0.15) is 43.5 Å². The summed E-state index contributed by atoms with van der Waals surface area (Å²) in [7, 11) is -3.61. The Bertz CT molecular complexity index is 875. The van der Waals surface area contributed by atoms with Gasteiger partial charge in [-0.15, -0.1) is 0 Å². The first kappa shape index (κ1) is 21.0. The number of carbonyl (C=O) groups excluding carboxylic acids is 1. The van der Waals surface area contributed by atoms with E-state index in [4.69, 9.17) is 0 Å². The Morgan fingerprint density at radius 3 is 2.07 bits per heavy atom. The summed E-state index contributed by atoms with van der Waals surface area (Å²) in [4.78, 5) is 12.8. The lowest BCUT2D eigenvalue weighted by Crippen LogP contribution is -2.48. The number of hydrogen-bond donors (Lipinski definition) is 1. The van der Waals surface area contributed by atoms with Gasteiger partial charge in [0.2, 0.25) is 15.9 Å². The first-order valence-electron chi connectivity index (χ1n) is 9.08. The van der Waals surface area contributed by atoms with Crippen LogP contribution in [0.5, 0.6) is 0 Å². The zero-order valence-electron chi connectivity index (χ0n) is 16.6. The number of nitrogens with zero attached hydrogens (tertiary/aromatic N) is 1. The molecule has 0 spiro atoms. The smallest absolute Gasteiger partial charge is 0.244 e. The van der Waals surface area contributed by atoms with E-state index in [0.717, 1.165) is 28.1 Å². The molecule has 1 N–H and O–H groups in total. The monoisotopic (exact) mass is 388 g/mol. The summed E-state index contributed by atoms with van der Waals surface area (Å²) in [5.74, 6) is -0.340. The summed E-state index contributed by atoms with van der Waals surface area (Å²) in [5, 5.41) is 2.92. The van der Waals surface area contributed by atoms with Crippen LogP contribution < -0.4 is 9.62 Å². The highest BCUT2D eigenvalue weighted by Gasteiger charge is 2.29. The molecule has 2 aromatic rings. The normalized spacial score (nSPS) is 13.7. The number of aryl methyl sites for hydroxylation is 2. The Labute approximate surface area is 162 Å². The molecule has 0 aromatic heterocycles. The molecule has 1 amide bonds. The van der Waals surface area contributed by atoms with Crippen molar-refractivity contribution < 1.29 is 13.2 Å². The molecule has 0 fully saturated rings. The minimum Gasteiger partial charge on any atom is -0.348 e. The standard InChI is InChI=1S/C21H28N2O3S/c1-6-18-9-11-19(12-10-18)16(3)22-21(24)17(4)23(27(5,25)26)20-13-7-15(2)8-14-20/h7-14,16-17H,6H2,1-5H3,(H,22,24)/t16-,17-/m0/s1. The van der Waals surface area contributed by atoms with E-state index in [0.29, 0.717) is 5.69 Å². The van der Waals surface area contributed by atoms with Crippen LogP contribution in [0.4, 0.5) is 5.69 Å². The molecular formula is C21H28N2O3S. The predicted octanol–water partition coefficient (Wildman–Crippen LogP) is 3.59. The molecule has 5 nitrogen and oxygen atoms in total. The lowest BCUT2D eigenvalue weighted by molar-refractivity contribution is -0.122. The number of sulfonamides is 1. The SMILES string of the molecule is CCc1ccc([C@H](C)NC(=O)[C@H](C)N(c2ccc(C)cc2)S(C)(=O)=O)cc1. The van der Waals surface area contributed by atoms with Crippen LogP contribution in [0, 0.1) is 6.92 Å². The maximum Gasteiger partial charge on any atom is 0.244 e.